The average Bonchev–Trinajstić information content (AvgIpc) is 2.51. The van der Waals surface area contributed by atoms with Gasteiger partial charge in [-0.1, -0.05) is 26.0 Å². The minimum Gasteiger partial charge on any atom is -0.463 e. The van der Waals surface area contributed by atoms with Crippen molar-refractivity contribution in [3.63, 3.8) is 0 Å². The molecule has 24 heavy (non-hydrogen) atoms. The summed E-state index contributed by atoms with van der Waals surface area (Å²) >= 11 is 3.34. The van der Waals surface area contributed by atoms with Gasteiger partial charge in [0.05, 0.1) is 12.3 Å². The number of hydrogen-bond acceptors (Lipinski definition) is 4. The second-order valence-electron chi connectivity index (χ2n) is 5.60. The van der Waals surface area contributed by atoms with Crippen molar-refractivity contribution in [1.82, 2.24) is 9.97 Å². The maximum atomic E-state index is 13.3. The van der Waals surface area contributed by atoms with Gasteiger partial charge in [0, 0.05) is 17.7 Å². The molecule has 2 aromatic rings. The van der Waals surface area contributed by atoms with Crippen molar-refractivity contribution in [3.8, 4) is 6.01 Å². The van der Waals surface area contributed by atoms with Crippen LogP contribution in [0.1, 0.15) is 19.4 Å². The molecule has 0 saturated carbocycles. The first-order valence-corrected chi connectivity index (χ1v) is 8.04. The number of para-hydroxylation sites is 1. The molecule has 0 atom stereocenters. The number of benzene rings is 1. The summed E-state index contributed by atoms with van der Waals surface area (Å²) in [5.74, 6) is -0.0523. The van der Waals surface area contributed by atoms with Crippen molar-refractivity contribution in [2.45, 2.75) is 20.0 Å². The highest BCUT2D eigenvalue weighted by molar-refractivity contribution is 9.10. The van der Waals surface area contributed by atoms with Crippen molar-refractivity contribution < 1.29 is 17.9 Å². The lowest BCUT2D eigenvalue weighted by molar-refractivity contribution is -0.137. The lowest BCUT2D eigenvalue weighted by atomic mass is 10.2. The summed E-state index contributed by atoms with van der Waals surface area (Å²) in [7, 11) is 1.52. The second-order valence-corrected chi connectivity index (χ2v) is 6.46. The fourth-order valence-electron chi connectivity index (χ4n) is 1.96. The van der Waals surface area contributed by atoms with E-state index in [1.54, 1.807) is 24.3 Å². The highest BCUT2D eigenvalue weighted by Crippen LogP contribution is 2.39. The second kappa shape index (κ2) is 7.38. The molecule has 2 rings (SSSR count). The third kappa shape index (κ3) is 4.37. The predicted molar refractivity (Wildman–Crippen MR) is 89.6 cm³/mol. The van der Waals surface area contributed by atoms with Crippen LogP contribution in [0.15, 0.2) is 34.9 Å². The predicted octanol–water partition coefficient (Wildman–Crippen LogP) is 5.06. The van der Waals surface area contributed by atoms with Crippen LogP contribution in [-0.4, -0.2) is 23.6 Å². The number of hydrogen-bond donors (Lipinski definition) is 0. The molecule has 0 aliphatic carbocycles. The average molecular weight is 404 g/mol. The van der Waals surface area contributed by atoms with Gasteiger partial charge in [-0.3, -0.25) is 0 Å². The monoisotopic (exact) mass is 403 g/mol. The molecule has 1 heterocycles. The molecular weight excluding hydrogens is 387 g/mol. The highest BCUT2D eigenvalue weighted by Gasteiger charge is 2.37. The van der Waals surface area contributed by atoms with Crippen molar-refractivity contribution in [1.29, 1.82) is 0 Å². The molecular formula is C16H17BrF3N3O. The molecule has 0 radical (unpaired) electrons. The minimum absolute atomic E-state index is 0.0781. The van der Waals surface area contributed by atoms with Gasteiger partial charge in [-0.2, -0.15) is 18.2 Å². The van der Waals surface area contributed by atoms with Crippen LogP contribution in [-0.2, 0) is 6.18 Å². The van der Waals surface area contributed by atoms with Crippen LogP contribution in [0, 0.1) is 5.92 Å². The SMILES string of the molecule is CC(C)COc1ncc(C(F)(F)F)c(N(C)c2ccccc2Br)n1. The normalized spacial score (nSPS) is 11.7. The van der Waals surface area contributed by atoms with Crippen molar-refractivity contribution in [2.75, 3.05) is 18.6 Å². The van der Waals surface area contributed by atoms with E-state index in [1.165, 1.54) is 11.9 Å². The summed E-state index contributed by atoms with van der Waals surface area (Å²) in [5, 5.41) is 0. The minimum atomic E-state index is -4.57. The van der Waals surface area contributed by atoms with E-state index in [-0.39, 0.29) is 17.7 Å². The summed E-state index contributed by atoms with van der Waals surface area (Å²) in [5.41, 5.74) is -0.367. The fraction of sp³-hybridized carbons (Fsp3) is 0.375. The van der Waals surface area contributed by atoms with Gasteiger partial charge in [0.2, 0.25) is 0 Å². The molecule has 0 unspecified atom stereocenters. The van der Waals surface area contributed by atoms with Crippen LogP contribution in [0.2, 0.25) is 0 Å². The standard InChI is InChI=1S/C16H17BrF3N3O/c1-10(2)9-24-15-21-8-11(16(18,19)20)14(22-15)23(3)13-7-5-4-6-12(13)17/h4-8,10H,9H2,1-3H3. The zero-order valence-corrected chi connectivity index (χ0v) is 15.0. The molecule has 0 fully saturated rings. The first kappa shape index (κ1) is 18.5. The lowest BCUT2D eigenvalue weighted by Gasteiger charge is -2.23. The number of anilines is 2. The molecule has 1 aromatic heterocycles. The Morgan fingerprint density at radius 1 is 1.25 bits per heavy atom. The molecule has 0 aliphatic rings. The maximum Gasteiger partial charge on any atom is 0.421 e. The Morgan fingerprint density at radius 3 is 2.50 bits per heavy atom. The number of aromatic nitrogens is 2. The molecule has 4 nitrogen and oxygen atoms in total. The smallest absolute Gasteiger partial charge is 0.421 e. The Balaban J connectivity index is 2.47. The largest absolute Gasteiger partial charge is 0.463 e. The molecule has 0 saturated heterocycles. The van der Waals surface area contributed by atoms with Crippen molar-refractivity contribution in [2.24, 2.45) is 5.92 Å². The lowest BCUT2D eigenvalue weighted by Crippen LogP contribution is -2.20. The topological polar surface area (TPSA) is 38.2 Å². The first-order valence-electron chi connectivity index (χ1n) is 7.25. The van der Waals surface area contributed by atoms with Gasteiger partial charge in [0.15, 0.2) is 5.82 Å². The van der Waals surface area contributed by atoms with E-state index in [0.29, 0.717) is 16.8 Å². The van der Waals surface area contributed by atoms with Crippen molar-refractivity contribution >= 4 is 27.4 Å². The van der Waals surface area contributed by atoms with E-state index < -0.39 is 11.7 Å². The maximum absolute atomic E-state index is 13.3. The number of halogens is 4. The number of ether oxygens (including phenoxy) is 1. The van der Waals surface area contributed by atoms with Gasteiger partial charge in [-0.15, -0.1) is 0 Å². The van der Waals surface area contributed by atoms with Crippen LogP contribution in [0.25, 0.3) is 0 Å². The van der Waals surface area contributed by atoms with E-state index in [0.717, 1.165) is 6.20 Å². The highest BCUT2D eigenvalue weighted by atomic mass is 79.9. The van der Waals surface area contributed by atoms with Gasteiger partial charge < -0.3 is 9.64 Å². The molecule has 0 N–H and O–H groups in total. The Morgan fingerprint density at radius 2 is 1.92 bits per heavy atom. The van der Waals surface area contributed by atoms with Gasteiger partial charge in [0.25, 0.3) is 0 Å². The third-order valence-electron chi connectivity index (χ3n) is 3.13. The van der Waals surface area contributed by atoms with E-state index in [2.05, 4.69) is 25.9 Å². The zero-order valence-electron chi connectivity index (χ0n) is 13.4. The van der Waals surface area contributed by atoms with Gasteiger partial charge >= 0.3 is 12.2 Å². The molecule has 0 bridgehead atoms. The zero-order chi connectivity index (χ0) is 17.9. The van der Waals surface area contributed by atoms with Crippen LogP contribution in [0.4, 0.5) is 24.7 Å². The fourth-order valence-corrected chi connectivity index (χ4v) is 2.51. The van der Waals surface area contributed by atoms with Crippen molar-refractivity contribution in [3.05, 3.63) is 40.5 Å². The third-order valence-corrected chi connectivity index (χ3v) is 3.80. The van der Waals surface area contributed by atoms with Crippen LogP contribution < -0.4 is 9.64 Å². The van der Waals surface area contributed by atoms with E-state index >= 15 is 0 Å². The van der Waals surface area contributed by atoms with E-state index in [9.17, 15) is 13.2 Å². The molecule has 0 aliphatic heterocycles. The van der Waals surface area contributed by atoms with Crippen LogP contribution in [0.5, 0.6) is 6.01 Å². The Labute approximate surface area is 146 Å². The molecule has 130 valence electrons. The number of alkyl halides is 3. The van der Waals surface area contributed by atoms with Gasteiger partial charge in [-0.05, 0) is 34.0 Å². The van der Waals surface area contributed by atoms with E-state index in [1.807, 2.05) is 13.8 Å². The Kier molecular flexibility index (Phi) is 5.69. The molecule has 8 heteroatoms. The van der Waals surface area contributed by atoms with Crippen LogP contribution in [0.3, 0.4) is 0 Å². The molecule has 0 spiro atoms. The Hall–Kier alpha value is -1.83. The number of nitrogens with zero attached hydrogens (tertiary/aromatic N) is 3. The van der Waals surface area contributed by atoms with E-state index in [4.69, 9.17) is 4.74 Å². The number of rotatable bonds is 5. The summed E-state index contributed by atoms with van der Waals surface area (Å²) < 4.78 is 46.0. The Bertz CT molecular complexity index is 707. The van der Waals surface area contributed by atoms with Gasteiger partial charge in [0.1, 0.15) is 5.56 Å². The molecule has 1 aromatic carbocycles. The molecule has 0 amide bonds. The van der Waals surface area contributed by atoms with Crippen LogP contribution >= 0.6 is 15.9 Å². The first-order chi connectivity index (χ1) is 11.2. The summed E-state index contributed by atoms with van der Waals surface area (Å²) in [6.07, 6.45) is -3.81. The summed E-state index contributed by atoms with van der Waals surface area (Å²) in [6, 6.07) is 6.88. The summed E-state index contributed by atoms with van der Waals surface area (Å²) in [4.78, 5) is 9.02. The van der Waals surface area contributed by atoms with Gasteiger partial charge in [-0.25, -0.2) is 4.98 Å². The summed E-state index contributed by atoms with van der Waals surface area (Å²) in [6.45, 7) is 4.18. The quantitative estimate of drug-likeness (QED) is 0.698.